The van der Waals surface area contributed by atoms with Crippen molar-refractivity contribution >= 4 is 44.0 Å². The molecule has 1 aromatic heterocycles. The number of rotatable bonds is 3. The van der Waals surface area contributed by atoms with Crippen molar-refractivity contribution in [3.05, 3.63) is 39.6 Å². The molecular formula is C17H18N2S2. The van der Waals surface area contributed by atoms with Crippen molar-refractivity contribution in [1.82, 2.24) is 4.90 Å². The van der Waals surface area contributed by atoms with Crippen LogP contribution in [0.15, 0.2) is 34.2 Å². The van der Waals surface area contributed by atoms with Crippen molar-refractivity contribution in [2.75, 3.05) is 13.1 Å². The van der Waals surface area contributed by atoms with Crippen LogP contribution >= 0.6 is 23.1 Å². The number of aliphatic imine (C=N–C) groups is 1. The molecule has 0 saturated carbocycles. The molecule has 4 heteroatoms. The van der Waals surface area contributed by atoms with Crippen molar-refractivity contribution in [2.45, 2.75) is 26.7 Å². The highest BCUT2D eigenvalue weighted by atomic mass is 32.2. The number of thioether (sulfide) groups is 1. The number of hydrogen-bond donors (Lipinski definition) is 0. The summed E-state index contributed by atoms with van der Waals surface area (Å²) in [6.45, 7) is 6.41. The first kappa shape index (κ1) is 13.4. The molecule has 2 aliphatic rings. The number of thiophene rings is 1. The Labute approximate surface area is 133 Å². The number of benzene rings is 1. The Morgan fingerprint density at radius 2 is 2.19 bits per heavy atom. The number of nitrogens with zero attached hydrogens (tertiary/aromatic N) is 2. The van der Waals surface area contributed by atoms with Gasteiger partial charge in [-0.05, 0) is 30.9 Å². The Kier molecular flexibility index (Phi) is 3.31. The topological polar surface area (TPSA) is 15.6 Å². The van der Waals surface area contributed by atoms with E-state index in [1.165, 1.54) is 42.7 Å². The zero-order chi connectivity index (χ0) is 14.4. The lowest BCUT2D eigenvalue weighted by Crippen LogP contribution is -2.19. The van der Waals surface area contributed by atoms with Gasteiger partial charge in [0, 0.05) is 26.6 Å². The normalized spacial score (nSPS) is 17.8. The molecule has 2 aromatic rings. The maximum Gasteiger partial charge on any atom is 0.168 e. The van der Waals surface area contributed by atoms with Gasteiger partial charge in [-0.15, -0.1) is 11.3 Å². The van der Waals surface area contributed by atoms with E-state index in [2.05, 4.69) is 48.0 Å². The van der Waals surface area contributed by atoms with E-state index in [0.717, 1.165) is 19.5 Å². The Balaban J connectivity index is 1.83. The summed E-state index contributed by atoms with van der Waals surface area (Å²) in [6.07, 6.45) is 2.34. The van der Waals surface area contributed by atoms with Gasteiger partial charge in [0.15, 0.2) is 5.17 Å². The number of amidine groups is 1. The SMILES string of the molecule is CCCC1=C(c2ccc3cc(C)sc3c2)N2CCN=C2S1. The van der Waals surface area contributed by atoms with E-state index >= 15 is 0 Å². The molecule has 0 spiro atoms. The fourth-order valence-electron chi connectivity index (χ4n) is 3.06. The molecule has 0 N–H and O–H groups in total. The average molecular weight is 314 g/mol. The second-order valence-electron chi connectivity index (χ2n) is 5.55. The summed E-state index contributed by atoms with van der Waals surface area (Å²) in [5.74, 6) is 0. The van der Waals surface area contributed by atoms with Crippen LogP contribution in [0.2, 0.25) is 0 Å². The zero-order valence-corrected chi connectivity index (χ0v) is 14.0. The Morgan fingerprint density at radius 3 is 3.05 bits per heavy atom. The first-order chi connectivity index (χ1) is 10.3. The van der Waals surface area contributed by atoms with Crippen LogP contribution in [0.1, 0.15) is 30.2 Å². The molecule has 1 aromatic carbocycles. The van der Waals surface area contributed by atoms with Gasteiger partial charge in [0.1, 0.15) is 0 Å². The van der Waals surface area contributed by atoms with E-state index in [4.69, 9.17) is 0 Å². The average Bonchev–Trinajstić information content (AvgIpc) is 3.10. The summed E-state index contributed by atoms with van der Waals surface area (Å²) in [5, 5.41) is 2.57. The highest BCUT2D eigenvalue weighted by Crippen LogP contribution is 2.44. The molecular weight excluding hydrogens is 296 g/mol. The predicted octanol–water partition coefficient (Wildman–Crippen LogP) is 5.10. The van der Waals surface area contributed by atoms with E-state index in [0.29, 0.717) is 0 Å². The summed E-state index contributed by atoms with van der Waals surface area (Å²) in [4.78, 5) is 9.93. The standard InChI is InChI=1S/C17H18N2S2/c1-3-4-14-16(19-8-7-18-17(19)21-14)13-6-5-12-9-11(2)20-15(12)10-13/h5-6,9-10H,3-4,7-8H2,1-2H3. The monoisotopic (exact) mass is 314 g/mol. The number of allylic oxidation sites excluding steroid dienone is 1. The molecule has 0 radical (unpaired) electrons. The van der Waals surface area contributed by atoms with Crippen LogP contribution in [-0.4, -0.2) is 23.2 Å². The second kappa shape index (κ2) is 5.18. The molecule has 0 unspecified atom stereocenters. The molecule has 4 rings (SSSR count). The van der Waals surface area contributed by atoms with Crippen LogP contribution in [0.5, 0.6) is 0 Å². The van der Waals surface area contributed by atoms with Gasteiger partial charge in [-0.2, -0.15) is 0 Å². The van der Waals surface area contributed by atoms with Crippen molar-refractivity contribution in [3.63, 3.8) is 0 Å². The molecule has 108 valence electrons. The third kappa shape index (κ3) is 2.21. The highest BCUT2D eigenvalue weighted by molar-refractivity contribution is 8.17. The first-order valence-electron chi connectivity index (χ1n) is 7.50. The molecule has 2 nitrogen and oxygen atoms in total. The molecule has 3 heterocycles. The van der Waals surface area contributed by atoms with Gasteiger partial charge >= 0.3 is 0 Å². The molecule has 0 saturated heterocycles. The largest absolute Gasteiger partial charge is 0.318 e. The summed E-state index contributed by atoms with van der Waals surface area (Å²) in [5.41, 5.74) is 2.76. The molecule has 0 atom stereocenters. The van der Waals surface area contributed by atoms with Gasteiger partial charge in [-0.25, -0.2) is 0 Å². The Bertz CT molecular complexity index is 770. The lowest BCUT2D eigenvalue weighted by atomic mass is 10.1. The Morgan fingerprint density at radius 1 is 1.29 bits per heavy atom. The molecule has 21 heavy (non-hydrogen) atoms. The quantitative estimate of drug-likeness (QED) is 0.783. The second-order valence-corrected chi connectivity index (χ2v) is 7.90. The molecule has 0 fully saturated rings. The predicted molar refractivity (Wildman–Crippen MR) is 95.0 cm³/mol. The maximum absolute atomic E-state index is 4.64. The van der Waals surface area contributed by atoms with E-state index in [1.54, 1.807) is 0 Å². The van der Waals surface area contributed by atoms with Crippen LogP contribution in [0.3, 0.4) is 0 Å². The lowest BCUT2D eigenvalue weighted by Gasteiger charge is -2.17. The lowest BCUT2D eigenvalue weighted by molar-refractivity contribution is 0.646. The molecule has 2 aliphatic heterocycles. The smallest absolute Gasteiger partial charge is 0.168 e. The van der Waals surface area contributed by atoms with E-state index < -0.39 is 0 Å². The minimum atomic E-state index is 0.936. The fraction of sp³-hybridized carbons (Fsp3) is 0.353. The van der Waals surface area contributed by atoms with Gasteiger partial charge in [-0.1, -0.05) is 37.2 Å². The third-order valence-corrected chi connectivity index (χ3v) is 6.13. The molecule has 0 bridgehead atoms. The van der Waals surface area contributed by atoms with Crippen molar-refractivity contribution in [1.29, 1.82) is 0 Å². The Hall–Kier alpha value is -1.26. The number of aryl methyl sites for hydroxylation is 1. The van der Waals surface area contributed by atoms with E-state index in [1.807, 2.05) is 23.1 Å². The van der Waals surface area contributed by atoms with Gasteiger partial charge in [0.2, 0.25) is 0 Å². The summed E-state index contributed by atoms with van der Waals surface area (Å²) in [6, 6.07) is 9.18. The van der Waals surface area contributed by atoms with Crippen LogP contribution < -0.4 is 0 Å². The zero-order valence-electron chi connectivity index (χ0n) is 12.3. The first-order valence-corrected chi connectivity index (χ1v) is 9.13. The van der Waals surface area contributed by atoms with Crippen LogP contribution in [-0.2, 0) is 0 Å². The van der Waals surface area contributed by atoms with Gasteiger partial charge in [0.25, 0.3) is 0 Å². The number of hydrogen-bond acceptors (Lipinski definition) is 4. The molecule has 0 amide bonds. The van der Waals surface area contributed by atoms with Gasteiger partial charge < -0.3 is 4.90 Å². The van der Waals surface area contributed by atoms with E-state index in [-0.39, 0.29) is 0 Å². The van der Waals surface area contributed by atoms with Crippen molar-refractivity contribution < 1.29 is 0 Å². The maximum atomic E-state index is 4.64. The number of fused-ring (bicyclic) bond motifs is 2. The van der Waals surface area contributed by atoms with Crippen LogP contribution in [0, 0.1) is 6.92 Å². The van der Waals surface area contributed by atoms with E-state index in [9.17, 15) is 0 Å². The van der Waals surface area contributed by atoms with Gasteiger partial charge in [-0.3, -0.25) is 4.99 Å². The molecule has 0 aliphatic carbocycles. The summed E-state index contributed by atoms with van der Waals surface area (Å²) < 4.78 is 1.39. The van der Waals surface area contributed by atoms with Crippen molar-refractivity contribution in [2.24, 2.45) is 4.99 Å². The van der Waals surface area contributed by atoms with Gasteiger partial charge in [0.05, 0.1) is 12.2 Å². The third-order valence-electron chi connectivity index (χ3n) is 3.94. The summed E-state index contributed by atoms with van der Waals surface area (Å²) >= 11 is 3.77. The minimum Gasteiger partial charge on any atom is -0.318 e. The van der Waals surface area contributed by atoms with Crippen LogP contribution in [0.4, 0.5) is 0 Å². The summed E-state index contributed by atoms with van der Waals surface area (Å²) in [7, 11) is 0. The van der Waals surface area contributed by atoms with Crippen LogP contribution in [0.25, 0.3) is 15.8 Å². The van der Waals surface area contributed by atoms with Crippen molar-refractivity contribution in [3.8, 4) is 0 Å². The highest BCUT2D eigenvalue weighted by Gasteiger charge is 2.32. The fourth-order valence-corrected chi connectivity index (χ4v) is 5.32. The minimum absolute atomic E-state index is 0.936.